The van der Waals surface area contributed by atoms with Gasteiger partial charge in [0.1, 0.15) is 5.82 Å². The highest BCUT2D eigenvalue weighted by Gasteiger charge is 2.23. The van der Waals surface area contributed by atoms with Gasteiger partial charge in [0.15, 0.2) is 0 Å². The topological polar surface area (TPSA) is 75.5 Å². The first-order chi connectivity index (χ1) is 16.2. The molecule has 34 heavy (non-hydrogen) atoms. The average molecular weight is 485 g/mol. The van der Waals surface area contributed by atoms with Gasteiger partial charge in [0.2, 0.25) is 15.9 Å². The molecule has 184 valence electrons. The number of aryl methyl sites for hydroxylation is 2. The van der Waals surface area contributed by atoms with Crippen molar-refractivity contribution in [3.8, 4) is 0 Å². The molecule has 3 rings (SSSR count). The lowest BCUT2D eigenvalue weighted by atomic mass is 10.1. The van der Waals surface area contributed by atoms with Crippen molar-refractivity contribution < 1.29 is 13.2 Å². The molecule has 1 atom stereocenters. The number of hydrogen-bond acceptors (Lipinski definition) is 4. The van der Waals surface area contributed by atoms with Crippen LogP contribution in [-0.4, -0.2) is 52.2 Å². The van der Waals surface area contributed by atoms with E-state index in [-0.39, 0.29) is 16.8 Å². The van der Waals surface area contributed by atoms with E-state index in [1.54, 1.807) is 18.2 Å². The summed E-state index contributed by atoms with van der Waals surface area (Å²) in [6, 6.07) is 15.2. The average Bonchev–Trinajstić information content (AvgIpc) is 3.16. The van der Waals surface area contributed by atoms with Crippen molar-refractivity contribution in [3.63, 3.8) is 0 Å². The van der Waals surface area contributed by atoms with E-state index in [9.17, 15) is 13.2 Å². The van der Waals surface area contributed by atoms with E-state index in [2.05, 4.69) is 18.8 Å². The van der Waals surface area contributed by atoms with E-state index in [4.69, 9.17) is 0 Å². The predicted octanol–water partition coefficient (Wildman–Crippen LogP) is 4.36. The van der Waals surface area contributed by atoms with Crippen LogP contribution in [0, 0.1) is 0 Å². The molecule has 0 aliphatic rings. The summed E-state index contributed by atoms with van der Waals surface area (Å²) >= 11 is 0. The molecule has 1 heterocycles. The first-order valence-corrected chi connectivity index (χ1v) is 13.5. The maximum Gasteiger partial charge on any atom is 0.243 e. The van der Waals surface area contributed by atoms with Crippen molar-refractivity contribution in [1.29, 1.82) is 0 Å². The fourth-order valence-electron chi connectivity index (χ4n) is 4.18. The van der Waals surface area contributed by atoms with Gasteiger partial charge in [-0.3, -0.25) is 4.79 Å². The maximum atomic E-state index is 13.2. The number of sulfonamides is 1. The summed E-state index contributed by atoms with van der Waals surface area (Å²) in [6.45, 7) is 9.25. The second kappa shape index (κ2) is 11.1. The molecule has 1 amide bonds. The van der Waals surface area contributed by atoms with Crippen molar-refractivity contribution in [2.75, 3.05) is 13.1 Å². The zero-order chi connectivity index (χ0) is 24.9. The smallest absolute Gasteiger partial charge is 0.243 e. The van der Waals surface area contributed by atoms with Crippen LogP contribution in [0.5, 0.6) is 0 Å². The SMILES string of the molecule is CCC(C)N(Cc1ccccc1)C(=O)CCc1nc2cc(S(=O)(=O)N(CC)CC)ccc2n1C. The lowest BCUT2D eigenvalue weighted by molar-refractivity contribution is -0.134. The molecule has 0 saturated heterocycles. The van der Waals surface area contributed by atoms with Crippen molar-refractivity contribution in [2.24, 2.45) is 7.05 Å². The van der Waals surface area contributed by atoms with Crippen LogP contribution in [-0.2, 0) is 34.8 Å². The molecule has 1 unspecified atom stereocenters. The summed E-state index contributed by atoms with van der Waals surface area (Å²) in [7, 11) is -1.65. The monoisotopic (exact) mass is 484 g/mol. The van der Waals surface area contributed by atoms with Gasteiger partial charge >= 0.3 is 0 Å². The fraction of sp³-hybridized carbons (Fsp3) is 0.462. The lowest BCUT2D eigenvalue weighted by Gasteiger charge is -2.29. The summed E-state index contributed by atoms with van der Waals surface area (Å²) in [5.74, 6) is 0.861. The van der Waals surface area contributed by atoms with Gasteiger partial charge in [0.25, 0.3) is 0 Å². The van der Waals surface area contributed by atoms with Gasteiger partial charge < -0.3 is 9.47 Å². The van der Waals surface area contributed by atoms with E-state index >= 15 is 0 Å². The molecule has 0 radical (unpaired) electrons. The Labute approximate surface area is 203 Å². The Morgan fingerprint density at radius 2 is 1.74 bits per heavy atom. The minimum Gasteiger partial charge on any atom is -0.336 e. The van der Waals surface area contributed by atoms with Gasteiger partial charge in [-0.15, -0.1) is 0 Å². The maximum absolute atomic E-state index is 13.2. The third kappa shape index (κ3) is 5.50. The number of aromatic nitrogens is 2. The van der Waals surface area contributed by atoms with Crippen LogP contribution < -0.4 is 0 Å². The van der Waals surface area contributed by atoms with Crippen LogP contribution in [0.25, 0.3) is 11.0 Å². The predicted molar refractivity (Wildman–Crippen MR) is 136 cm³/mol. The molecule has 0 fully saturated rings. The summed E-state index contributed by atoms with van der Waals surface area (Å²) in [5.41, 5.74) is 2.59. The van der Waals surface area contributed by atoms with E-state index < -0.39 is 10.0 Å². The third-order valence-corrected chi connectivity index (χ3v) is 8.54. The highest BCUT2D eigenvalue weighted by Crippen LogP contribution is 2.23. The molecule has 1 aromatic heterocycles. The van der Waals surface area contributed by atoms with Crippen LogP contribution in [0.15, 0.2) is 53.4 Å². The molecule has 7 nitrogen and oxygen atoms in total. The quantitative estimate of drug-likeness (QED) is 0.405. The molecular weight excluding hydrogens is 448 g/mol. The second-order valence-electron chi connectivity index (χ2n) is 8.59. The standard InChI is InChI=1S/C26H36N4O3S/c1-6-20(4)30(19-21-12-10-9-11-13-21)26(31)17-16-25-27-23-18-22(14-15-24(23)28(25)5)34(32,33)29(7-2)8-3/h9-15,18,20H,6-8,16-17,19H2,1-5H3. The van der Waals surface area contributed by atoms with Gasteiger partial charge in [0, 0.05) is 45.6 Å². The number of benzene rings is 2. The van der Waals surface area contributed by atoms with E-state index in [1.165, 1.54) is 4.31 Å². The van der Waals surface area contributed by atoms with Crippen molar-refractivity contribution in [2.45, 2.75) is 64.4 Å². The van der Waals surface area contributed by atoms with Gasteiger partial charge in [-0.2, -0.15) is 4.31 Å². The van der Waals surface area contributed by atoms with Crippen LogP contribution in [0.4, 0.5) is 0 Å². The Morgan fingerprint density at radius 3 is 2.35 bits per heavy atom. The number of imidazole rings is 1. The van der Waals surface area contributed by atoms with E-state index in [1.807, 2.05) is 60.7 Å². The summed E-state index contributed by atoms with van der Waals surface area (Å²) in [5, 5.41) is 0. The zero-order valence-electron chi connectivity index (χ0n) is 20.9. The van der Waals surface area contributed by atoms with Crippen molar-refractivity contribution >= 4 is 27.0 Å². The number of amides is 1. The number of carbonyl (C=O) groups is 1. The van der Waals surface area contributed by atoms with E-state index in [0.29, 0.717) is 38.0 Å². The summed E-state index contributed by atoms with van der Waals surface area (Å²) in [4.78, 5) is 20.0. The van der Waals surface area contributed by atoms with E-state index in [0.717, 1.165) is 23.3 Å². The Bertz CT molecular complexity index is 1220. The van der Waals surface area contributed by atoms with Crippen LogP contribution in [0.3, 0.4) is 0 Å². The molecule has 2 aromatic carbocycles. The van der Waals surface area contributed by atoms with Gasteiger partial charge in [-0.25, -0.2) is 13.4 Å². The number of carbonyl (C=O) groups excluding carboxylic acids is 1. The lowest BCUT2D eigenvalue weighted by Crippen LogP contribution is -2.38. The molecule has 3 aromatic rings. The summed E-state index contributed by atoms with van der Waals surface area (Å²) < 4.78 is 29.2. The van der Waals surface area contributed by atoms with Crippen LogP contribution >= 0.6 is 0 Å². The molecule has 0 bridgehead atoms. The van der Waals surface area contributed by atoms with Crippen molar-refractivity contribution in [1.82, 2.24) is 18.8 Å². The van der Waals surface area contributed by atoms with Gasteiger partial charge in [-0.05, 0) is 37.1 Å². The molecule has 8 heteroatoms. The molecule has 0 aliphatic heterocycles. The zero-order valence-corrected chi connectivity index (χ0v) is 21.7. The van der Waals surface area contributed by atoms with Gasteiger partial charge in [-0.1, -0.05) is 51.1 Å². The van der Waals surface area contributed by atoms with Crippen LogP contribution in [0.1, 0.15) is 51.9 Å². The molecule has 0 spiro atoms. The number of nitrogens with zero attached hydrogens (tertiary/aromatic N) is 4. The minimum absolute atomic E-state index is 0.0926. The molecule has 0 aliphatic carbocycles. The van der Waals surface area contributed by atoms with Crippen molar-refractivity contribution in [3.05, 3.63) is 59.9 Å². The molecule has 0 N–H and O–H groups in total. The van der Waals surface area contributed by atoms with Gasteiger partial charge in [0.05, 0.1) is 15.9 Å². The third-order valence-electron chi connectivity index (χ3n) is 6.49. The Balaban J connectivity index is 1.80. The minimum atomic E-state index is -3.55. The Kier molecular flexibility index (Phi) is 8.49. The first-order valence-electron chi connectivity index (χ1n) is 12.0. The number of rotatable bonds is 11. The molecular formula is C26H36N4O3S. The normalized spacial score (nSPS) is 12.9. The highest BCUT2D eigenvalue weighted by molar-refractivity contribution is 7.89. The number of fused-ring (bicyclic) bond motifs is 1. The Hall–Kier alpha value is -2.71. The molecule has 0 saturated carbocycles. The Morgan fingerprint density at radius 1 is 1.06 bits per heavy atom. The largest absolute Gasteiger partial charge is 0.336 e. The number of hydrogen-bond donors (Lipinski definition) is 0. The second-order valence-corrected chi connectivity index (χ2v) is 10.5. The highest BCUT2D eigenvalue weighted by atomic mass is 32.2. The first kappa shape index (κ1) is 25.9. The van der Waals surface area contributed by atoms with Crippen LogP contribution in [0.2, 0.25) is 0 Å². The summed E-state index contributed by atoms with van der Waals surface area (Å²) in [6.07, 6.45) is 1.72. The fourth-order valence-corrected chi connectivity index (χ4v) is 5.66.